The minimum Gasteiger partial charge on any atom is -0.489 e. The number of hydrogen-bond donors (Lipinski definition) is 0. The molecule has 1 aliphatic rings. The summed E-state index contributed by atoms with van der Waals surface area (Å²) in [4.78, 5) is 2.18. The molecule has 0 amide bonds. The molecule has 0 radical (unpaired) electrons. The van der Waals surface area contributed by atoms with Crippen LogP contribution in [0, 0.1) is 10.2 Å². The molecule has 0 saturated carbocycles. The van der Waals surface area contributed by atoms with Gasteiger partial charge in [-0.3, -0.25) is 0 Å². The molecule has 0 saturated heterocycles. The number of halogens is 1. The average Bonchev–Trinajstić information content (AvgIpc) is 3.14. The molecular weight excluding hydrogens is 712 g/mol. The highest BCUT2D eigenvalue weighted by molar-refractivity contribution is 5.72. The van der Waals surface area contributed by atoms with Gasteiger partial charge in [0.2, 0.25) is 0 Å². The molecule has 2 heterocycles. The first kappa shape index (κ1) is 47.8. The number of benzene rings is 1. The van der Waals surface area contributed by atoms with Crippen molar-refractivity contribution in [2.24, 2.45) is 0 Å². The van der Waals surface area contributed by atoms with E-state index in [1.54, 1.807) is 0 Å². The predicted octanol–water partition coefficient (Wildman–Crippen LogP) is 4.55. The van der Waals surface area contributed by atoms with Crippen LogP contribution < -0.4 is 32.8 Å². The third-order valence-corrected chi connectivity index (χ3v) is 9.22. The van der Waals surface area contributed by atoms with Gasteiger partial charge in [0, 0.05) is 32.1 Å². The van der Waals surface area contributed by atoms with Crippen molar-refractivity contribution in [3.63, 3.8) is 0 Å². The number of likely N-dealkylation sites (N-methyl/N-ethyl adjacent to an activating group) is 1. The fraction of sp³-hybridized carbons (Fsp3) is 0.690. The van der Waals surface area contributed by atoms with Crippen LogP contribution in [0.4, 0.5) is 5.69 Å². The van der Waals surface area contributed by atoms with Crippen molar-refractivity contribution in [2.75, 3.05) is 78.0 Å². The maximum Gasteiger partial charge on any atom is 0.169 e. The normalized spacial score (nSPS) is 15.5. The molecule has 54 heavy (non-hydrogen) atoms. The Hall–Kier alpha value is -2.32. The average molecular weight is 781 g/mol. The van der Waals surface area contributed by atoms with Crippen molar-refractivity contribution in [3.05, 3.63) is 53.9 Å². The van der Waals surface area contributed by atoms with E-state index >= 15 is 0 Å². The maximum atomic E-state index is 8.49. The molecule has 3 rings (SSSR count). The summed E-state index contributed by atoms with van der Waals surface area (Å²) in [6.07, 6.45) is 31.2. The summed E-state index contributed by atoms with van der Waals surface area (Å²) in [7, 11) is -2.87. The number of unbranched alkanes of at least 4 members (excludes halogenated alkanes) is 15. The first-order valence-electron chi connectivity index (χ1n) is 20.3. The van der Waals surface area contributed by atoms with Crippen molar-refractivity contribution in [1.29, 1.82) is 0 Å². The molecule has 0 bridgehead atoms. The summed E-state index contributed by atoms with van der Waals surface area (Å²) in [5.74, 6) is 0.846. The van der Waals surface area contributed by atoms with Crippen molar-refractivity contribution in [2.45, 2.75) is 116 Å². The first-order valence-corrected chi connectivity index (χ1v) is 21.6. The molecule has 308 valence electrons. The molecule has 1 aromatic heterocycles. The van der Waals surface area contributed by atoms with E-state index in [-0.39, 0.29) is 0 Å². The van der Waals surface area contributed by atoms with Crippen LogP contribution in [0.3, 0.4) is 0 Å². The zero-order valence-electron chi connectivity index (χ0n) is 33.2. The third kappa shape index (κ3) is 27.3. The zero-order valence-corrected chi connectivity index (χ0v) is 34.0. The number of fused-ring (bicyclic) bond motifs is 1. The van der Waals surface area contributed by atoms with E-state index in [4.69, 9.17) is 42.3 Å². The minimum atomic E-state index is -4.94. The standard InChI is InChI=1S/C42H69N2O5.ClHO4/c1-3-4-5-6-7-8-9-10-11-12-13-14-15-16-17-18-25-44-26-23-39(24-27-44)19-20-40-21-22-41-42(38-40)49-37-36-48-35-34-47-33-32-46-31-30-45-29-28-43(41)2;2-1(3,4)5/h19-24,26-27,38H,3-18,25,28-37H2,1-2H3;(H,2,3,4,5)/q+1;/p-1. The number of nitrogens with zero attached hydrogens (tertiary/aromatic N) is 2. The monoisotopic (exact) mass is 780 g/mol. The minimum absolute atomic E-state index is 0.478. The van der Waals surface area contributed by atoms with Gasteiger partial charge in [0.05, 0.1) is 58.5 Å². The van der Waals surface area contributed by atoms with Gasteiger partial charge in [0.1, 0.15) is 18.9 Å². The van der Waals surface area contributed by atoms with Gasteiger partial charge in [0.25, 0.3) is 0 Å². The number of aromatic nitrogens is 1. The highest BCUT2D eigenvalue weighted by Crippen LogP contribution is 2.30. The molecule has 0 unspecified atom stereocenters. The molecule has 12 heteroatoms. The Labute approximate surface area is 328 Å². The van der Waals surface area contributed by atoms with Crippen LogP contribution >= 0.6 is 0 Å². The number of rotatable bonds is 19. The van der Waals surface area contributed by atoms with E-state index in [2.05, 4.69) is 78.3 Å². The highest BCUT2D eigenvalue weighted by Gasteiger charge is 2.11. The fourth-order valence-corrected chi connectivity index (χ4v) is 6.12. The SMILES string of the molecule is CCCCCCCCCCCCCCCCCC[n+]1ccc(/C=C/c2ccc3c(c2)OCCOCCOCCOCCOCCN3C)cc1.[O-][Cl+3]([O-])([O-])[O-]. The van der Waals surface area contributed by atoms with E-state index < -0.39 is 10.2 Å². The molecule has 0 spiro atoms. The van der Waals surface area contributed by atoms with E-state index in [1.807, 2.05) is 0 Å². The van der Waals surface area contributed by atoms with Crippen molar-refractivity contribution < 1.29 is 57.1 Å². The van der Waals surface area contributed by atoms with Crippen molar-refractivity contribution in [1.82, 2.24) is 0 Å². The third-order valence-electron chi connectivity index (χ3n) is 9.22. The Morgan fingerprint density at radius 3 is 1.50 bits per heavy atom. The van der Waals surface area contributed by atoms with Crippen LogP contribution in [0.5, 0.6) is 5.75 Å². The lowest BCUT2D eigenvalue weighted by atomic mass is 10.0. The van der Waals surface area contributed by atoms with Crippen LogP contribution in [0.15, 0.2) is 42.7 Å². The van der Waals surface area contributed by atoms with E-state index in [0.717, 1.165) is 30.1 Å². The summed E-state index contributed by atoms with van der Waals surface area (Å²) in [6.45, 7) is 9.12. The van der Waals surface area contributed by atoms with Gasteiger partial charge in [-0.15, -0.1) is 10.2 Å². The molecule has 11 nitrogen and oxygen atoms in total. The van der Waals surface area contributed by atoms with Gasteiger partial charge in [-0.25, -0.2) is 23.2 Å². The topological polar surface area (TPSA) is 146 Å². The molecule has 0 atom stereocenters. The van der Waals surface area contributed by atoms with Crippen LogP contribution in [0.1, 0.15) is 121 Å². The summed E-state index contributed by atoms with van der Waals surface area (Å²) in [5.41, 5.74) is 3.33. The van der Waals surface area contributed by atoms with Crippen LogP contribution in [0.25, 0.3) is 12.2 Å². The number of aryl methyl sites for hydroxylation is 1. The Bertz CT molecular complexity index is 1190. The van der Waals surface area contributed by atoms with Gasteiger partial charge in [-0.1, -0.05) is 115 Å². The second-order valence-corrected chi connectivity index (χ2v) is 14.6. The molecule has 1 aliphatic heterocycles. The number of pyridine rings is 1. The van der Waals surface area contributed by atoms with Crippen molar-refractivity contribution >= 4 is 17.8 Å². The summed E-state index contributed by atoms with van der Waals surface area (Å²) < 4.78 is 65.1. The second kappa shape index (κ2) is 31.8. The fourth-order valence-electron chi connectivity index (χ4n) is 6.12. The molecule has 0 aliphatic carbocycles. The quantitative estimate of drug-likeness (QED) is 0.147. The second-order valence-electron chi connectivity index (χ2n) is 13.8. The largest absolute Gasteiger partial charge is 0.489 e. The highest BCUT2D eigenvalue weighted by atomic mass is 35.7. The molecule has 2 aromatic rings. The zero-order chi connectivity index (χ0) is 39.0. The van der Waals surface area contributed by atoms with Gasteiger partial charge in [-0.2, -0.15) is 0 Å². The Morgan fingerprint density at radius 2 is 1.00 bits per heavy atom. The van der Waals surface area contributed by atoms with Gasteiger partial charge < -0.3 is 28.6 Å². The van der Waals surface area contributed by atoms with E-state index in [1.165, 1.54) is 108 Å². The van der Waals surface area contributed by atoms with Crippen LogP contribution in [0.2, 0.25) is 0 Å². The summed E-state index contributed by atoms with van der Waals surface area (Å²) in [6, 6.07) is 10.8. The Balaban J connectivity index is 0.00000188. The van der Waals surface area contributed by atoms with Gasteiger partial charge >= 0.3 is 0 Å². The van der Waals surface area contributed by atoms with E-state index in [0.29, 0.717) is 59.5 Å². The predicted molar refractivity (Wildman–Crippen MR) is 204 cm³/mol. The molecule has 0 N–H and O–H groups in total. The molecule has 0 fully saturated rings. The number of ether oxygens (including phenoxy) is 5. The van der Waals surface area contributed by atoms with E-state index in [9.17, 15) is 0 Å². The van der Waals surface area contributed by atoms with Gasteiger partial charge in [0.15, 0.2) is 12.4 Å². The Morgan fingerprint density at radius 1 is 0.574 bits per heavy atom. The van der Waals surface area contributed by atoms with Gasteiger partial charge in [-0.05, 0) is 29.7 Å². The smallest absolute Gasteiger partial charge is 0.169 e. The summed E-state index contributed by atoms with van der Waals surface area (Å²) in [5, 5.41) is 0. The lowest BCUT2D eigenvalue weighted by molar-refractivity contribution is -2.00. The lowest BCUT2D eigenvalue weighted by Crippen LogP contribution is -2.68. The summed E-state index contributed by atoms with van der Waals surface area (Å²) >= 11 is 0. The maximum absolute atomic E-state index is 8.49. The number of anilines is 1. The first-order chi connectivity index (χ1) is 26.3. The molecule has 1 aromatic carbocycles. The van der Waals surface area contributed by atoms with Crippen LogP contribution in [-0.4, -0.2) is 73.1 Å². The van der Waals surface area contributed by atoms with Crippen LogP contribution in [-0.2, 0) is 25.5 Å². The van der Waals surface area contributed by atoms with Crippen molar-refractivity contribution in [3.8, 4) is 5.75 Å². The Kier molecular flexibility index (Phi) is 28.2. The number of hydrogen-bond acceptors (Lipinski definition) is 10. The lowest BCUT2D eigenvalue weighted by Gasteiger charge is -2.23. The molecular formula is C42H69ClN2O9.